The zero-order valence-corrected chi connectivity index (χ0v) is 14.3. The maximum Gasteiger partial charge on any atom is 0.242 e. The van der Waals surface area contributed by atoms with E-state index in [4.69, 9.17) is 0 Å². The number of nitrogens with one attached hydrogen (secondary N) is 2. The standard InChI is InChI=1S/C13H25N3O2S2/c1-5-6-16-9-13(7-12(16)8-14-3)20(17,18)15-11(2)10-19-4/h7,9,11,14-15H,5-6,8,10H2,1-4H3. The van der Waals surface area contributed by atoms with Crippen LogP contribution in [-0.4, -0.2) is 38.1 Å². The molecule has 1 aromatic heterocycles. The van der Waals surface area contributed by atoms with E-state index in [1.54, 1.807) is 24.0 Å². The molecule has 0 aliphatic rings. The van der Waals surface area contributed by atoms with E-state index in [1.165, 1.54) is 0 Å². The molecule has 0 saturated carbocycles. The fourth-order valence-electron chi connectivity index (χ4n) is 2.07. The van der Waals surface area contributed by atoms with Crippen LogP contribution in [0.3, 0.4) is 0 Å². The lowest BCUT2D eigenvalue weighted by atomic mass is 10.4. The van der Waals surface area contributed by atoms with Crippen molar-refractivity contribution in [2.24, 2.45) is 0 Å². The van der Waals surface area contributed by atoms with Crippen LogP contribution in [-0.2, 0) is 23.1 Å². The third-order valence-electron chi connectivity index (χ3n) is 2.87. The van der Waals surface area contributed by atoms with Crippen LogP contribution in [0.5, 0.6) is 0 Å². The third kappa shape index (κ3) is 4.80. The van der Waals surface area contributed by atoms with Gasteiger partial charge in [0.15, 0.2) is 0 Å². The van der Waals surface area contributed by atoms with Crippen molar-refractivity contribution >= 4 is 21.8 Å². The van der Waals surface area contributed by atoms with Crippen molar-refractivity contribution in [2.45, 2.75) is 44.3 Å². The minimum absolute atomic E-state index is 0.0720. The van der Waals surface area contributed by atoms with Gasteiger partial charge in [-0.2, -0.15) is 11.8 Å². The van der Waals surface area contributed by atoms with Gasteiger partial charge >= 0.3 is 0 Å². The molecular formula is C13H25N3O2S2. The Hall–Kier alpha value is -0.500. The molecule has 0 aromatic carbocycles. The lowest BCUT2D eigenvalue weighted by Gasteiger charge is -2.11. The van der Waals surface area contributed by atoms with Gasteiger partial charge in [-0.25, -0.2) is 13.1 Å². The summed E-state index contributed by atoms with van der Waals surface area (Å²) in [6.07, 6.45) is 4.67. The molecule has 20 heavy (non-hydrogen) atoms. The maximum absolute atomic E-state index is 12.3. The van der Waals surface area contributed by atoms with Gasteiger partial charge in [-0.05, 0) is 32.7 Å². The van der Waals surface area contributed by atoms with E-state index in [-0.39, 0.29) is 6.04 Å². The Balaban J connectivity index is 2.96. The van der Waals surface area contributed by atoms with Gasteiger partial charge in [0.05, 0.1) is 4.90 Å². The molecule has 1 rings (SSSR count). The Morgan fingerprint density at radius 3 is 2.70 bits per heavy atom. The summed E-state index contributed by atoms with van der Waals surface area (Å²) in [6.45, 7) is 5.45. The van der Waals surface area contributed by atoms with Crippen molar-refractivity contribution in [3.05, 3.63) is 18.0 Å². The number of hydrogen-bond acceptors (Lipinski definition) is 4. The summed E-state index contributed by atoms with van der Waals surface area (Å²) in [4.78, 5) is 0.351. The summed E-state index contributed by atoms with van der Waals surface area (Å²) in [5.74, 6) is 0.762. The molecule has 0 spiro atoms. The van der Waals surface area contributed by atoms with Crippen LogP contribution in [0.4, 0.5) is 0 Å². The van der Waals surface area contributed by atoms with Gasteiger partial charge in [-0.1, -0.05) is 6.92 Å². The predicted octanol–water partition coefficient (Wildman–Crippen LogP) is 1.65. The summed E-state index contributed by atoms with van der Waals surface area (Å²) in [6, 6.07) is 1.68. The van der Waals surface area contributed by atoms with Gasteiger partial charge in [0.2, 0.25) is 10.0 Å². The largest absolute Gasteiger partial charge is 0.349 e. The molecule has 1 aromatic rings. The van der Waals surface area contributed by atoms with Gasteiger partial charge < -0.3 is 9.88 Å². The Labute approximate surface area is 126 Å². The van der Waals surface area contributed by atoms with Crippen LogP contribution in [0.1, 0.15) is 26.0 Å². The van der Waals surface area contributed by atoms with Gasteiger partial charge in [0, 0.05) is 36.8 Å². The average Bonchev–Trinajstić information content (AvgIpc) is 2.74. The number of hydrogen-bond donors (Lipinski definition) is 2. The first-order chi connectivity index (χ1) is 9.44. The minimum Gasteiger partial charge on any atom is -0.349 e. The van der Waals surface area contributed by atoms with Crippen molar-refractivity contribution in [1.82, 2.24) is 14.6 Å². The highest BCUT2D eigenvalue weighted by molar-refractivity contribution is 7.98. The van der Waals surface area contributed by atoms with Crippen molar-refractivity contribution in [1.29, 1.82) is 0 Å². The molecule has 2 N–H and O–H groups in total. The molecule has 0 fully saturated rings. The van der Waals surface area contributed by atoms with Crippen molar-refractivity contribution in [3.63, 3.8) is 0 Å². The molecular weight excluding hydrogens is 294 g/mol. The van der Waals surface area contributed by atoms with Crippen molar-refractivity contribution in [3.8, 4) is 0 Å². The minimum atomic E-state index is -3.43. The lowest BCUT2D eigenvalue weighted by Crippen LogP contribution is -2.34. The smallest absolute Gasteiger partial charge is 0.242 e. The van der Waals surface area contributed by atoms with E-state index in [0.29, 0.717) is 11.4 Å². The first-order valence-electron chi connectivity index (χ1n) is 6.79. The molecule has 7 heteroatoms. The number of aryl methyl sites for hydroxylation is 1. The van der Waals surface area contributed by atoms with E-state index in [0.717, 1.165) is 24.4 Å². The Morgan fingerprint density at radius 2 is 2.15 bits per heavy atom. The van der Waals surface area contributed by atoms with Gasteiger partial charge in [-0.15, -0.1) is 0 Å². The second-order valence-corrected chi connectivity index (χ2v) is 7.49. The first kappa shape index (κ1) is 17.6. The normalized spacial score (nSPS) is 13.6. The molecule has 0 bridgehead atoms. The highest BCUT2D eigenvalue weighted by atomic mass is 32.2. The molecule has 0 saturated heterocycles. The molecule has 0 aliphatic carbocycles. The van der Waals surface area contributed by atoms with Gasteiger partial charge in [-0.3, -0.25) is 0 Å². The monoisotopic (exact) mass is 319 g/mol. The molecule has 5 nitrogen and oxygen atoms in total. The Morgan fingerprint density at radius 1 is 1.45 bits per heavy atom. The zero-order chi connectivity index (χ0) is 15.2. The number of nitrogens with zero attached hydrogens (tertiary/aromatic N) is 1. The molecule has 0 radical (unpaired) electrons. The van der Waals surface area contributed by atoms with Crippen LogP contribution in [0, 0.1) is 0 Å². The summed E-state index contributed by atoms with van der Waals surface area (Å²) >= 11 is 1.63. The van der Waals surface area contributed by atoms with Crippen molar-refractivity contribution < 1.29 is 8.42 Å². The van der Waals surface area contributed by atoms with E-state index in [2.05, 4.69) is 17.0 Å². The van der Waals surface area contributed by atoms with Gasteiger partial charge in [0.1, 0.15) is 0 Å². The summed E-state index contributed by atoms with van der Waals surface area (Å²) in [7, 11) is -1.57. The van der Waals surface area contributed by atoms with Crippen LogP contribution < -0.4 is 10.0 Å². The highest BCUT2D eigenvalue weighted by Gasteiger charge is 2.20. The van der Waals surface area contributed by atoms with E-state index in [1.807, 2.05) is 24.8 Å². The lowest BCUT2D eigenvalue weighted by molar-refractivity contribution is 0.570. The predicted molar refractivity (Wildman–Crippen MR) is 85.7 cm³/mol. The topological polar surface area (TPSA) is 63.1 Å². The summed E-state index contributed by atoms with van der Waals surface area (Å²) in [5.41, 5.74) is 0.993. The van der Waals surface area contributed by atoms with Gasteiger partial charge in [0.25, 0.3) is 0 Å². The Bertz CT molecular complexity index is 488. The maximum atomic E-state index is 12.3. The fourth-order valence-corrected chi connectivity index (χ4v) is 4.06. The molecule has 0 aliphatic heterocycles. The molecule has 1 atom stereocenters. The average molecular weight is 319 g/mol. The van der Waals surface area contributed by atoms with E-state index < -0.39 is 10.0 Å². The molecule has 1 unspecified atom stereocenters. The van der Waals surface area contributed by atoms with Crippen LogP contribution in [0.2, 0.25) is 0 Å². The number of rotatable bonds is 9. The highest BCUT2D eigenvalue weighted by Crippen LogP contribution is 2.16. The second-order valence-electron chi connectivity index (χ2n) is 4.87. The van der Waals surface area contributed by atoms with E-state index in [9.17, 15) is 8.42 Å². The third-order valence-corrected chi connectivity index (χ3v) is 5.26. The van der Waals surface area contributed by atoms with Crippen LogP contribution in [0.25, 0.3) is 0 Å². The fraction of sp³-hybridized carbons (Fsp3) is 0.692. The van der Waals surface area contributed by atoms with Crippen LogP contribution in [0.15, 0.2) is 17.2 Å². The SMILES string of the molecule is CCCn1cc(S(=O)(=O)NC(C)CSC)cc1CNC. The molecule has 1 heterocycles. The number of sulfonamides is 1. The number of aromatic nitrogens is 1. The quantitative estimate of drug-likeness (QED) is 0.726. The second kappa shape index (κ2) is 8.07. The zero-order valence-electron chi connectivity index (χ0n) is 12.6. The summed E-state index contributed by atoms with van der Waals surface area (Å²) < 4.78 is 29.4. The first-order valence-corrected chi connectivity index (χ1v) is 9.67. The Kier molecular flexibility index (Phi) is 7.08. The molecule has 116 valence electrons. The van der Waals surface area contributed by atoms with Crippen LogP contribution >= 0.6 is 11.8 Å². The van der Waals surface area contributed by atoms with Crippen molar-refractivity contribution in [2.75, 3.05) is 19.1 Å². The van der Waals surface area contributed by atoms with E-state index >= 15 is 0 Å². The summed E-state index contributed by atoms with van der Waals surface area (Å²) in [5, 5.41) is 3.07. The molecule has 0 amide bonds. The number of thioether (sulfide) groups is 1.